The molecule has 0 amide bonds. The van der Waals surface area contributed by atoms with Gasteiger partial charge in [0.25, 0.3) is 0 Å². The third-order valence-electron chi connectivity index (χ3n) is 6.72. The van der Waals surface area contributed by atoms with Gasteiger partial charge in [0.1, 0.15) is 5.01 Å². The molecule has 194 valence electrons. The summed E-state index contributed by atoms with van der Waals surface area (Å²) in [5.41, 5.74) is 8.27. The summed E-state index contributed by atoms with van der Waals surface area (Å²) in [6.45, 7) is 8.44. The van der Waals surface area contributed by atoms with Gasteiger partial charge in [-0.25, -0.2) is 10.8 Å². The summed E-state index contributed by atoms with van der Waals surface area (Å²) in [6, 6.07) is 16.9. The molecular weight excluding hydrogens is 500 g/mol. The molecule has 4 aromatic rings. The fraction of sp³-hybridized carbons (Fsp3) is 0.333. The van der Waals surface area contributed by atoms with Crippen molar-refractivity contribution in [2.75, 3.05) is 30.3 Å². The summed E-state index contributed by atoms with van der Waals surface area (Å²) in [4.78, 5) is 9.06. The molecule has 0 radical (unpaired) electrons. The minimum atomic E-state index is 0.454. The van der Waals surface area contributed by atoms with E-state index in [4.69, 9.17) is 16.7 Å². The Kier molecular flexibility index (Phi) is 7.90. The number of aromatic nitrogens is 1. The average Bonchev–Trinajstić information content (AvgIpc) is 3.50. The minimum absolute atomic E-state index is 0.454. The van der Waals surface area contributed by atoms with Crippen LogP contribution in [0.15, 0.2) is 53.6 Å². The molecule has 0 aliphatic carbocycles. The minimum Gasteiger partial charge on any atom is -0.385 e. The van der Waals surface area contributed by atoms with E-state index in [9.17, 15) is 0 Å². The Morgan fingerprint density at radius 2 is 1.86 bits per heavy atom. The highest BCUT2D eigenvalue weighted by atomic mass is 32.1. The highest BCUT2D eigenvalue weighted by molar-refractivity contribution is 7.22. The lowest BCUT2D eigenvalue weighted by atomic mass is 10.0. The Morgan fingerprint density at radius 1 is 1.08 bits per heavy atom. The molecule has 0 spiro atoms. The van der Waals surface area contributed by atoms with E-state index in [0.717, 1.165) is 60.8 Å². The number of hydrogen-bond donors (Lipinski definition) is 5. The number of thiazole rings is 1. The van der Waals surface area contributed by atoms with Gasteiger partial charge in [-0.1, -0.05) is 12.1 Å². The van der Waals surface area contributed by atoms with Crippen LogP contribution in [0.25, 0.3) is 20.8 Å². The van der Waals surface area contributed by atoms with Crippen molar-refractivity contribution in [1.29, 1.82) is 0 Å². The number of anilines is 2. The van der Waals surface area contributed by atoms with Crippen molar-refractivity contribution in [2.24, 2.45) is 16.8 Å². The molecule has 8 nitrogen and oxygen atoms in total. The number of nitrogens with two attached hydrogens (primary N) is 2. The molecule has 10 heteroatoms. The van der Waals surface area contributed by atoms with Crippen molar-refractivity contribution >= 4 is 49.4 Å². The van der Waals surface area contributed by atoms with E-state index >= 15 is 0 Å². The van der Waals surface area contributed by atoms with Crippen molar-refractivity contribution in [1.82, 2.24) is 15.3 Å². The molecule has 2 aromatic carbocycles. The number of amidine groups is 1. The molecule has 0 fully saturated rings. The number of benzene rings is 2. The third kappa shape index (κ3) is 5.57. The van der Waals surface area contributed by atoms with Gasteiger partial charge < -0.3 is 21.9 Å². The SMILES string of the molecule is CC(C)N1CCc2c(sc(NCCCNc3ccc(/C(=N/N)NN)cc3)c2-c2nc3ccccc3s2)C1. The molecule has 0 bridgehead atoms. The van der Waals surface area contributed by atoms with Crippen LogP contribution >= 0.6 is 22.7 Å². The lowest BCUT2D eigenvalue weighted by Crippen LogP contribution is -2.35. The summed E-state index contributed by atoms with van der Waals surface area (Å²) < 4.78 is 1.24. The summed E-state index contributed by atoms with van der Waals surface area (Å²) in [7, 11) is 0. The highest BCUT2D eigenvalue weighted by Crippen LogP contribution is 2.45. The lowest BCUT2D eigenvalue weighted by Gasteiger charge is -2.30. The summed E-state index contributed by atoms with van der Waals surface area (Å²) in [5.74, 6) is 11.3. The molecule has 37 heavy (non-hydrogen) atoms. The first-order valence-corrected chi connectivity index (χ1v) is 14.3. The molecule has 5 rings (SSSR count). The average molecular weight is 535 g/mol. The van der Waals surface area contributed by atoms with Gasteiger partial charge >= 0.3 is 0 Å². The van der Waals surface area contributed by atoms with E-state index in [-0.39, 0.29) is 0 Å². The van der Waals surface area contributed by atoms with Crippen molar-refractivity contribution in [3.63, 3.8) is 0 Å². The predicted molar refractivity (Wildman–Crippen MR) is 158 cm³/mol. The van der Waals surface area contributed by atoms with Gasteiger partial charge in [0.2, 0.25) is 0 Å². The normalized spacial score (nSPS) is 14.2. The molecule has 0 saturated heterocycles. The van der Waals surface area contributed by atoms with Crippen LogP contribution in [0.2, 0.25) is 0 Å². The fourth-order valence-electron chi connectivity index (χ4n) is 4.66. The van der Waals surface area contributed by atoms with Gasteiger partial charge in [-0.15, -0.1) is 22.7 Å². The molecule has 0 atom stereocenters. The maximum atomic E-state index is 5.45. The van der Waals surface area contributed by atoms with Gasteiger partial charge in [0, 0.05) is 53.9 Å². The maximum Gasteiger partial charge on any atom is 0.166 e. The Bertz CT molecular complexity index is 1340. The number of hydrazine groups is 1. The number of nitrogens with one attached hydrogen (secondary N) is 3. The van der Waals surface area contributed by atoms with Crippen molar-refractivity contribution in [3.05, 3.63) is 64.5 Å². The van der Waals surface area contributed by atoms with Crippen molar-refractivity contribution in [3.8, 4) is 10.6 Å². The predicted octanol–water partition coefficient (Wildman–Crippen LogP) is 4.79. The Hall–Kier alpha value is -3.18. The highest BCUT2D eigenvalue weighted by Gasteiger charge is 2.27. The van der Waals surface area contributed by atoms with Crippen LogP contribution in [0.3, 0.4) is 0 Å². The molecule has 3 heterocycles. The maximum absolute atomic E-state index is 5.45. The Balaban J connectivity index is 1.27. The molecular formula is C27H34N8S2. The largest absolute Gasteiger partial charge is 0.385 e. The van der Waals surface area contributed by atoms with Crippen LogP contribution in [0.5, 0.6) is 0 Å². The van der Waals surface area contributed by atoms with Gasteiger partial charge in [-0.2, -0.15) is 5.10 Å². The molecule has 1 aliphatic rings. The number of para-hydroxylation sites is 1. The lowest BCUT2D eigenvalue weighted by molar-refractivity contribution is 0.206. The summed E-state index contributed by atoms with van der Waals surface area (Å²) >= 11 is 3.70. The summed E-state index contributed by atoms with van der Waals surface area (Å²) in [6.07, 6.45) is 2.06. The zero-order valence-electron chi connectivity index (χ0n) is 21.3. The van der Waals surface area contributed by atoms with E-state index < -0.39 is 0 Å². The number of hydrazone groups is 1. The van der Waals surface area contributed by atoms with E-state index in [2.05, 4.69) is 64.2 Å². The second-order valence-electron chi connectivity index (χ2n) is 9.42. The van der Waals surface area contributed by atoms with Gasteiger partial charge in [-0.3, -0.25) is 4.90 Å². The molecule has 1 aliphatic heterocycles. The first-order chi connectivity index (χ1) is 18.1. The molecule has 7 N–H and O–H groups in total. The number of fused-ring (bicyclic) bond motifs is 2. The standard InChI is InChI=1S/C27H34N8S2/c1-17(2)35-15-12-20-23(16-35)37-26(24(20)27-32-21-6-3-4-7-22(21)36-27)31-14-5-13-30-19-10-8-18(9-11-19)25(33-28)34-29/h3-4,6-11,17,30-31H,5,12-16,28-29H2,1-2H3,(H,33,34). The van der Waals surface area contributed by atoms with Crippen LogP contribution in [-0.4, -0.2) is 41.4 Å². The quantitative estimate of drug-likeness (QED) is 0.0689. The van der Waals surface area contributed by atoms with Crippen LogP contribution < -0.4 is 27.7 Å². The van der Waals surface area contributed by atoms with E-state index in [1.807, 2.05) is 35.6 Å². The van der Waals surface area contributed by atoms with Gasteiger partial charge in [-0.05, 0) is 68.7 Å². The second kappa shape index (κ2) is 11.5. The van der Waals surface area contributed by atoms with Gasteiger partial charge in [0.15, 0.2) is 5.84 Å². The number of thiophene rings is 1. The number of rotatable bonds is 9. The topological polar surface area (TPSA) is 117 Å². The van der Waals surface area contributed by atoms with E-state index in [1.54, 1.807) is 11.3 Å². The van der Waals surface area contributed by atoms with Crippen LogP contribution in [0.4, 0.5) is 10.7 Å². The number of hydrogen-bond acceptors (Lipinski definition) is 9. The summed E-state index contributed by atoms with van der Waals surface area (Å²) in [5, 5.41) is 13.3. The van der Waals surface area contributed by atoms with Crippen molar-refractivity contribution < 1.29 is 0 Å². The molecule has 0 saturated carbocycles. The fourth-order valence-corrected chi connectivity index (χ4v) is 7.07. The molecule has 0 unspecified atom stereocenters. The van der Waals surface area contributed by atoms with Crippen molar-refractivity contribution in [2.45, 2.75) is 39.3 Å². The zero-order chi connectivity index (χ0) is 25.8. The Labute approximate surface area is 225 Å². The third-order valence-corrected chi connectivity index (χ3v) is 8.95. The first-order valence-electron chi connectivity index (χ1n) is 12.6. The van der Waals surface area contributed by atoms with E-state index in [1.165, 1.54) is 25.7 Å². The second-order valence-corrected chi connectivity index (χ2v) is 11.6. The van der Waals surface area contributed by atoms with E-state index in [0.29, 0.717) is 11.9 Å². The van der Waals surface area contributed by atoms with Crippen LogP contribution in [-0.2, 0) is 13.0 Å². The van der Waals surface area contributed by atoms with Crippen LogP contribution in [0.1, 0.15) is 36.3 Å². The monoisotopic (exact) mass is 534 g/mol. The van der Waals surface area contributed by atoms with Gasteiger partial charge in [0.05, 0.1) is 15.2 Å². The molecule has 2 aromatic heterocycles. The van der Waals surface area contributed by atoms with Crippen LogP contribution in [0, 0.1) is 0 Å². The number of nitrogens with zero attached hydrogens (tertiary/aromatic N) is 3. The Morgan fingerprint density at radius 3 is 2.59 bits per heavy atom. The first kappa shape index (κ1) is 25.5. The smallest absolute Gasteiger partial charge is 0.166 e. The zero-order valence-corrected chi connectivity index (χ0v) is 22.9.